The molecule has 0 bridgehead atoms. The van der Waals surface area contributed by atoms with Crippen molar-refractivity contribution in [3.63, 3.8) is 0 Å². The third-order valence-corrected chi connectivity index (χ3v) is 11.0. The van der Waals surface area contributed by atoms with Crippen LogP contribution in [0.4, 0.5) is 34.1 Å². The van der Waals surface area contributed by atoms with E-state index in [0.717, 1.165) is 90.8 Å². The van der Waals surface area contributed by atoms with Gasteiger partial charge < -0.3 is 19.3 Å². The molecule has 0 saturated heterocycles. The van der Waals surface area contributed by atoms with E-state index >= 15 is 0 Å². The first-order valence-corrected chi connectivity index (χ1v) is 21.2. The largest absolute Gasteiger partial charge is 0.423 e. The van der Waals surface area contributed by atoms with Crippen molar-refractivity contribution in [2.75, 3.05) is 9.80 Å². The third-order valence-electron chi connectivity index (χ3n) is 11.0. The lowest BCUT2D eigenvalue weighted by atomic mass is 10.0. The summed E-state index contributed by atoms with van der Waals surface area (Å²) in [7, 11) is 0. The number of hydrogen-bond donors (Lipinski definition) is 0. The highest BCUT2D eigenvalue weighted by Crippen LogP contribution is 2.41. The Kier molecular flexibility index (Phi) is 13.7. The molecular weight excluding hydrogens is 789 g/mol. The maximum atomic E-state index is 11.9. The standard InChI is InChI=1S/C58H52N2O4/c1-9-57(61)63-51-29-33-55(43(7)37-51)59(53-31-11-39(3)35-41(53)5)49-25-21-47(22-26-49)19-17-45-13-15-46(16-14-45)18-20-48-23-27-50(28-24-48)60(54-32-12-40(4)36-42(54)6)56-34-30-52(38-44(56)8)64-58(62)10-2/h9-38H,1-2H2,3-8H3/b19-17+,20-18+. The van der Waals surface area contributed by atoms with E-state index in [4.69, 9.17) is 9.47 Å². The van der Waals surface area contributed by atoms with E-state index in [9.17, 15) is 9.59 Å². The number of carbonyl (C=O) groups is 2. The summed E-state index contributed by atoms with van der Waals surface area (Å²) < 4.78 is 10.8. The van der Waals surface area contributed by atoms with E-state index in [1.54, 1.807) is 0 Å². The Morgan fingerprint density at radius 3 is 0.953 bits per heavy atom. The van der Waals surface area contributed by atoms with Gasteiger partial charge in [0.05, 0.1) is 0 Å². The lowest BCUT2D eigenvalue weighted by Gasteiger charge is -2.29. The van der Waals surface area contributed by atoms with Gasteiger partial charge in [-0.15, -0.1) is 0 Å². The van der Waals surface area contributed by atoms with Crippen LogP contribution in [0.2, 0.25) is 0 Å². The number of anilines is 6. The van der Waals surface area contributed by atoms with Crippen LogP contribution in [0.3, 0.4) is 0 Å². The van der Waals surface area contributed by atoms with E-state index in [-0.39, 0.29) is 0 Å². The SMILES string of the molecule is C=CC(=O)Oc1ccc(N(c2ccc(/C=C/c3ccc(/C=C/c4ccc(N(c5ccc(C)cc5C)c5ccc(OC(=O)C=C)cc5C)cc4)cc3)cc2)c2ccc(C)cc2C)c(C)c1. The lowest BCUT2D eigenvalue weighted by molar-refractivity contribution is -0.129. The summed E-state index contributed by atoms with van der Waals surface area (Å²) in [6, 6.07) is 49.8. The first kappa shape index (κ1) is 44.1. The molecule has 6 nitrogen and oxygen atoms in total. The Bertz CT molecular complexity index is 2710. The molecule has 318 valence electrons. The summed E-state index contributed by atoms with van der Waals surface area (Å²) in [5, 5.41) is 0. The summed E-state index contributed by atoms with van der Waals surface area (Å²) >= 11 is 0. The Hall–Kier alpha value is -7.96. The van der Waals surface area contributed by atoms with Crippen LogP contribution >= 0.6 is 0 Å². The second kappa shape index (κ2) is 19.8. The van der Waals surface area contributed by atoms with Crippen molar-refractivity contribution in [1.82, 2.24) is 0 Å². The van der Waals surface area contributed by atoms with Crippen molar-refractivity contribution in [2.24, 2.45) is 0 Å². The van der Waals surface area contributed by atoms with Gasteiger partial charge in [0.2, 0.25) is 0 Å². The van der Waals surface area contributed by atoms with Crippen LogP contribution in [0.25, 0.3) is 24.3 Å². The molecule has 0 atom stereocenters. The Morgan fingerprint density at radius 2 is 0.672 bits per heavy atom. The Morgan fingerprint density at radius 1 is 0.391 bits per heavy atom. The van der Waals surface area contributed by atoms with Crippen LogP contribution in [0.1, 0.15) is 55.6 Å². The molecule has 0 saturated carbocycles. The molecule has 0 amide bonds. The molecule has 0 fully saturated rings. The van der Waals surface area contributed by atoms with Gasteiger partial charge in [0.1, 0.15) is 11.5 Å². The van der Waals surface area contributed by atoms with Gasteiger partial charge in [0, 0.05) is 46.3 Å². The summed E-state index contributed by atoms with van der Waals surface area (Å²) in [6.07, 6.45) is 10.8. The smallest absolute Gasteiger partial charge is 0.335 e. The number of ether oxygens (including phenoxy) is 2. The average molecular weight is 841 g/mol. The number of rotatable bonds is 14. The molecular formula is C58H52N2O4. The molecule has 0 aliphatic carbocycles. The topological polar surface area (TPSA) is 59.1 Å². The number of nitrogens with zero attached hydrogens (tertiary/aromatic N) is 2. The molecule has 7 rings (SSSR count). The van der Waals surface area contributed by atoms with Crippen molar-refractivity contribution >= 4 is 70.4 Å². The van der Waals surface area contributed by atoms with Crippen molar-refractivity contribution in [2.45, 2.75) is 41.5 Å². The molecule has 0 radical (unpaired) electrons. The van der Waals surface area contributed by atoms with Crippen LogP contribution in [0.15, 0.2) is 171 Å². The van der Waals surface area contributed by atoms with Crippen LogP contribution in [-0.4, -0.2) is 11.9 Å². The minimum atomic E-state index is -0.488. The van der Waals surface area contributed by atoms with Gasteiger partial charge in [-0.3, -0.25) is 0 Å². The Labute approximate surface area is 377 Å². The number of aryl methyl sites for hydroxylation is 6. The second-order valence-corrected chi connectivity index (χ2v) is 15.9. The van der Waals surface area contributed by atoms with Crippen LogP contribution in [0.5, 0.6) is 11.5 Å². The van der Waals surface area contributed by atoms with Gasteiger partial charge in [-0.1, -0.05) is 121 Å². The predicted octanol–water partition coefficient (Wildman–Crippen LogP) is 15.0. The van der Waals surface area contributed by atoms with Crippen molar-refractivity contribution in [1.29, 1.82) is 0 Å². The maximum absolute atomic E-state index is 11.9. The number of benzene rings is 7. The fourth-order valence-electron chi connectivity index (χ4n) is 7.70. The maximum Gasteiger partial charge on any atom is 0.335 e. The molecule has 0 aliphatic heterocycles. The molecule has 64 heavy (non-hydrogen) atoms. The minimum absolute atomic E-state index is 0.478. The number of carbonyl (C=O) groups excluding carboxylic acids is 2. The molecule has 7 aromatic carbocycles. The predicted molar refractivity (Wildman–Crippen MR) is 267 cm³/mol. The normalized spacial score (nSPS) is 11.1. The van der Waals surface area contributed by atoms with Crippen LogP contribution in [-0.2, 0) is 9.59 Å². The van der Waals surface area contributed by atoms with Gasteiger partial charge in [0.15, 0.2) is 0 Å². The highest BCUT2D eigenvalue weighted by molar-refractivity contribution is 5.86. The summed E-state index contributed by atoms with van der Waals surface area (Å²) in [5.74, 6) is -0.0202. The van der Waals surface area contributed by atoms with E-state index in [2.05, 4.69) is 184 Å². The third kappa shape index (κ3) is 10.6. The first-order valence-electron chi connectivity index (χ1n) is 21.2. The van der Waals surface area contributed by atoms with Gasteiger partial charge in [-0.2, -0.15) is 0 Å². The van der Waals surface area contributed by atoms with E-state index in [1.807, 2.05) is 50.2 Å². The molecule has 6 heteroatoms. The monoisotopic (exact) mass is 840 g/mol. The van der Waals surface area contributed by atoms with Crippen LogP contribution < -0.4 is 19.3 Å². The molecule has 7 aromatic rings. The Balaban J connectivity index is 1.06. The van der Waals surface area contributed by atoms with Crippen molar-refractivity contribution < 1.29 is 19.1 Å². The summed E-state index contributed by atoms with van der Waals surface area (Å²) in [6.45, 7) is 19.5. The van der Waals surface area contributed by atoms with Gasteiger partial charge in [-0.25, -0.2) is 9.59 Å². The molecule has 0 spiro atoms. The van der Waals surface area contributed by atoms with Gasteiger partial charge in [-0.05, 0) is 159 Å². The zero-order valence-electron chi connectivity index (χ0n) is 37.3. The number of esters is 2. The second-order valence-electron chi connectivity index (χ2n) is 15.9. The summed E-state index contributed by atoms with van der Waals surface area (Å²) in [4.78, 5) is 28.2. The quantitative estimate of drug-likeness (QED) is 0.0470. The highest BCUT2D eigenvalue weighted by Gasteiger charge is 2.19. The van der Waals surface area contributed by atoms with E-state index in [1.165, 1.54) is 11.1 Å². The highest BCUT2D eigenvalue weighted by atomic mass is 16.5. The lowest BCUT2D eigenvalue weighted by Crippen LogP contribution is -2.13. The van der Waals surface area contributed by atoms with E-state index in [0.29, 0.717) is 11.5 Å². The molecule has 0 aliphatic rings. The van der Waals surface area contributed by atoms with Gasteiger partial charge >= 0.3 is 11.9 Å². The summed E-state index contributed by atoms with van der Waals surface area (Å²) in [5.41, 5.74) is 17.2. The zero-order valence-corrected chi connectivity index (χ0v) is 37.3. The van der Waals surface area contributed by atoms with Crippen molar-refractivity contribution in [3.05, 3.63) is 227 Å². The minimum Gasteiger partial charge on any atom is -0.423 e. The molecule has 0 N–H and O–H groups in total. The average Bonchev–Trinajstić information content (AvgIpc) is 3.28. The molecule has 0 aromatic heterocycles. The molecule has 0 heterocycles. The fraction of sp³-hybridized carbons (Fsp3) is 0.103. The van der Waals surface area contributed by atoms with Crippen LogP contribution in [0, 0.1) is 41.5 Å². The van der Waals surface area contributed by atoms with Crippen molar-refractivity contribution in [3.8, 4) is 11.5 Å². The van der Waals surface area contributed by atoms with Gasteiger partial charge in [0.25, 0.3) is 0 Å². The zero-order chi connectivity index (χ0) is 45.3. The molecule has 0 unspecified atom stereocenters. The van der Waals surface area contributed by atoms with E-state index < -0.39 is 11.9 Å². The fourth-order valence-corrected chi connectivity index (χ4v) is 7.70. The first-order chi connectivity index (χ1) is 30.9. The number of hydrogen-bond acceptors (Lipinski definition) is 6.